The van der Waals surface area contributed by atoms with E-state index in [4.69, 9.17) is 4.74 Å². The fourth-order valence-electron chi connectivity index (χ4n) is 2.55. The molecule has 4 heteroatoms. The van der Waals surface area contributed by atoms with Crippen molar-refractivity contribution in [3.8, 4) is 0 Å². The number of nitrogens with zero attached hydrogens (tertiary/aromatic N) is 1. The first-order chi connectivity index (χ1) is 8.72. The Kier molecular flexibility index (Phi) is 6.82. The van der Waals surface area contributed by atoms with Gasteiger partial charge in [-0.15, -0.1) is 11.3 Å². The fraction of sp³-hybridized carbons (Fsp3) is 0.786. The minimum absolute atomic E-state index is 0.0730. The van der Waals surface area contributed by atoms with Crippen LogP contribution in [0.1, 0.15) is 45.5 Å². The minimum Gasteiger partial charge on any atom is -0.374 e. The summed E-state index contributed by atoms with van der Waals surface area (Å²) in [5.41, 5.74) is -0.0730. The Morgan fingerprint density at radius 1 is 1.33 bits per heavy atom. The van der Waals surface area contributed by atoms with Crippen LogP contribution in [0.25, 0.3) is 0 Å². The third-order valence-electron chi connectivity index (χ3n) is 3.58. The van der Waals surface area contributed by atoms with E-state index in [1.807, 2.05) is 11.6 Å². The van der Waals surface area contributed by atoms with E-state index in [1.54, 1.807) is 11.3 Å². The minimum atomic E-state index is -0.0730. The third-order valence-corrected chi connectivity index (χ3v) is 4.38. The van der Waals surface area contributed by atoms with Crippen molar-refractivity contribution in [2.45, 2.75) is 58.6 Å². The lowest BCUT2D eigenvalue weighted by molar-refractivity contribution is -0.0715. The van der Waals surface area contributed by atoms with E-state index in [2.05, 4.69) is 38.0 Å². The normalized spacial score (nSPS) is 13.8. The molecule has 0 aliphatic rings. The zero-order valence-corrected chi connectivity index (χ0v) is 12.8. The van der Waals surface area contributed by atoms with Crippen LogP contribution in [0.4, 0.5) is 0 Å². The lowest BCUT2D eigenvalue weighted by Crippen LogP contribution is -2.53. The molecule has 0 spiro atoms. The zero-order valence-electron chi connectivity index (χ0n) is 12.0. The van der Waals surface area contributed by atoms with Crippen molar-refractivity contribution in [2.24, 2.45) is 0 Å². The Morgan fingerprint density at radius 3 is 2.50 bits per heavy atom. The molecule has 1 N–H and O–H groups in total. The van der Waals surface area contributed by atoms with Crippen LogP contribution in [0.2, 0.25) is 0 Å². The average molecular weight is 270 g/mol. The van der Waals surface area contributed by atoms with Crippen LogP contribution < -0.4 is 5.32 Å². The molecule has 0 saturated carbocycles. The number of thiazole rings is 1. The molecule has 1 atom stereocenters. The van der Waals surface area contributed by atoms with Gasteiger partial charge in [-0.25, -0.2) is 4.98 Å². The molecule has 0 saturated heterocycles. The molecular formula is C14H26N2OS. The molecule has 1 unspecified atom stereocenters. The monoisotopic (exact) mass is 270 g/mol. The van der Waals surface area contributed by atoms with Crippen molar-refractivity contribution in [3.05, 3.63) is 16.6 Å². The van der Waals surface area contributed by atoms with Crippen LogP contribution in [-0.4, -0.2) is 29.8 Å². The number of hydrogen-bond acceptors (Lipinski definition) is 4. The summed E-state index contributed by atoms with van der Waals surface area (Å²) in [5, 5.41) is 6.82. The van der Waals surface area contributed by atoms with Gasteiger partial charge in [0.2, 0.25) is 0 Å². The van der Waals surface area contributed by atoms with Crippen molar-refractivity contribution in [2.75, 3.05) is 13.2 Å². The lowest BCUT2D eigenvalue weighted by Gasteiger charge is -2.39. The van der Waals surface area contributed by atoms with Gasteiger partial charge in [0.1, 0.15) is 0 Å². The Balaban J connectivity index is 2.85. The van der Waals surface area contributed by atoms with Crippen LogP contribution in [0.5, 0.6) is 0 Å². The fourth-order valence-corrected chi connectivity index (χ4v) is 3.22. The van der Waals surface area contributed by atoms with E-state index in [-0.39, 0.29) is 5.60 Å². The number of hydrogen-bond donors (Lipinski definition) is 1. The van der Waals surface area contributed by atoms with E-state index in [1.165, 1.54) is 5.01 Å². The smallest absolute Gasteiger partial charge is 0.0941 e. The summed E-state index contributed by atoms with van der Waals surface area (Å²) in [6, 6.07) is 0.337. The molecule has 0 radical (unpaired) electrons. The molecule has 18 heavy (non-hydrogen) atoms. The SMILES string of the molecule is CCNC(Cc1nccs1)C(CC)(CC)OCC. The van der Waals surface area contributed by atoms with E-state index in [0.717, 1.165) is 32.4 Å². The van der Waals surface area contributed by atoms with Crippen molar-refractivity contribution in [1.82, 2.24) is 10.3 Å². The zero-order chi connectivity index (χ0) is 13.4. The topological polar surface area (TPSA) is 34.2 Å². The molecule has 0 aromatic carbocycles. The van der Waals surface area contributed by atoms with Crippen molar-refractivity contribution >= 4 is 11.3 Å². The molecule has 1 aromatic heterocycles. The highest BCUT2D eigenvalue weighted by molar-refractivity contribution is 7.09. The van der Waals surface area contributed by atoms with Gasteiger partial charge in [-0.1, -0.05) is 20.8 Å². The summed E-state index contributed by atoms with van der Waals surface area (Å²) < 4.78 is 6.11. The van der Waals surface area contributed by atoms with Crippen LogP contribution in [-0.2, 0) is 11.2 Å². The van der Waals surface area contributed by atoms with Crippen LogP contribution in [0.3, 0.4) is 0 Å². The van der Waals surface area contributed by atoms with Crippen LogP contribution in [0.15, 0.2) is 11.6 Å². The number of ether oxygens (including phenoxy) is 1. The average Bonchev–Trinajstić information content (AvgIpc) is 2.89. The van der Waals surface area contributed by atoms with Crippen molar-refractivity contribution in [3.63, 3.8) is 0 Å². The van der Waals surface area contributed by atoms with Gasteiger partial charge in [0.05, 0.1) is 10.6 Å². The molecule has 3 nitrogen and oxygen atoms in total. The highest BCUT2D eigenvalue weighted by Gasteiger charge is 2.36. The Hall–Kier alpha value is -0.450. The van der Waals surface area contributed by atoms with Crippen molar-refractivity contribution in [1.29, 1.82) is 0 Å². The number of likely N-dealkylation sites (N-methyl/N-ethyl adjacent to an activating group) is 1. The summed E-state index contributed by atoms with van der Waals surface area (Å²) in [4.78, 5) is 4.40. The van der Waals surface area contributed by atoms with Gasteiger partial charge in [-0.3, -0.25) is 0 Å². The highest BCUT2D eigenvalue weighted by atomic mass is 32.1. The molecule has 0 aliphatic carbocycles. The summed E-state index contributed by atoms with van der Waals surface area (Å²) >= 11 is 1.73. The summed E-state index contributed by atoms with van der Waals surface area (Å²) in [6.07, 6.45) is 4.89. The summed E-state index contributed by atoms with van der Waals surface area (Å²) in [6.45, 7) is 10.4. The lowest BCUT2D eigenvalue weighted by atomic mass is 9.86. The molecule has 1 aromatic rings. The maximum absolute atomic E-state index is 6.11. The largest absolute Gasteiger partial charge is 0.374 e. The molecule has 1 rings (SSSR count). The second-order valence-electron chi connectivity index (χ2n) is 4.45. The van der Waals surface area contributed by atoms with Gasteiger partial charge >= 0.3 is 0 Å². The Labute approximate surface area is 115 Å². The van der Waals surface area contributed by atoms with E-state index in [0.29, 0.717) is 6.04 Å². The number of aromatic nitrogens is 1. The van der Waals surface area contributed by atoms with Gasteiger partial charge in [0.25, 0.3) is 0 Å². The van der Waals surface area contributed by atoms with E-state index in [9.17, 15) is 0 Å². The molecule has 104 valence electrons. The van der Waals surface area contributed by atoms with Gasteiger partial charge in [0, 0.05) is 30.6 Å². The first-order valence-corrected chi connectivity index (χ1v) is 7.86. The first-order valence-electron chi connectivity index (χ1n) is 6.98. The summed E-state index contributed by atoms with van der Waals surface area (Å²) in [5.74, 6) is 0. The van der Waals surface area contributed by atoms with E-state index < -0.39 is 0 Å². The van der Waals surface area contributed by atoms with Crippen molar-refractivity contribution < 1.29 is 4.74 Å². The van der Waals surface area contributed by atoms with Gasteiger partial charge in [-0.2, -0.15) is 0 Å². The number of rotatable bonds is 9. The second-order valence-corrected chi connectivity index (χ2v) is 5.42. The van der Waals surface area contributed by atoms with Gasteiger partial charge < -0.3 is 10.1 Å². The molecule has 1 heterocycles. The molecule has 0 fully saturated rings. The Bertz CT molecular complexity index is 310. The van der Waals surface area contributed by atoms with Gasteiger partial charge in [-0.05, 0) is 26.3 Å². The highest BCUT2D eigenvalue weighted by Crippen LogP contribution is 2.27. The molecule has 0 aliphatic heterocycles. The standard InChI is InChI=1S/C14H26N2OS/c1-5-14(6-2,17-8-4)12(15-7-3)11-13-16-9-10-18-13/h9-10,12,15H,5-8,11H2,1-4H3. The molecular weight excluding hydrogens is 244 g/mol. The van der Waals surface area contributed by atoms with Gasteiger partial charge in [0.15, 0.2) is 0 Å². The Morgan fingerprint density at radius 2 is 2.06 bits per heavy atom. The quantitative estimate of drug-likeness (QED) is 0.748. The summed E-state index contributed by atoms with van der Waals surface area (Å²) in [7, 11) is 0. The van der Waals surface area contributed by atoms with E-state index >= 15 is 0 Å². The molecule has 0 bridgehead atoms. The predicted octanol–water partition coefficient (Wildman–Crippen LogP) is 3.26. The maximum Gasteiger partial charge on any atom is 0.0941 e. The number of nitrogens with one attached hydrogen (secondary N) is 1. The third kappa shape index (κ3) is 3.77. The van der Waals surface area contributed by atoms with Crippen LogP contribution >= 0.6 is 11.3 Å². The maximum atomic E-state index is 6.11. The molecule has 0 amide bonds. The first kappa shape index (κ1) is 15.6. The van der Waals surface area contributed by atoms with Crippen LogP contribution in [0, 0.1) is 0 Å². The predicted molar refractivity (Wildman–Crippen MR) is 78.2 cm³/mol. The second kappa shape index (κ2) is 7.87.